The summed E-state index contributed by atoms with van der Waals surface area (Å²) in [6.07, 6.45) is 2.42. The summed E-state index contributed by atoms with van der Waals surface area (Å²) < 4.78 is 22.9. The summed E-state index contributed by atoms with van der Waals surface area (Å²) in [4.78, 5) is 2.27. The fraction of sp³-hybridized carbons (Fsp3) is 0.429. The molecule has 27 heavy (non-hydrogen) atoms. The number of phenolic OH excluding ortho intramolecular Hbond substituents is 2. The van der Waals surface area contributed by atoms with Crippen LogP contribution in [-0.2, 0) is 12.8 Å². The Bertz CT molecular complexity index is 842. The Morgan fingerprint density at radius 2 is 1.96 bits per heavy atom. The molecule has 0 unspecified atom stereocenters. The molecule has 6 nitrogen and oxygen atoms in total. The highest BCUT2D eigenvalue weighted by atomic mass is 16.5. The number of aromatic hydroxyl groups is 2. The summed E-state index contributed by atoms with van der Waals surface area (Å²) >= 11 is 0. The minimum Gasteiger partial charge on any atom is -0.504 e. The third-order valence-corrected chi connectivity index (χ3v) is 5.23. The SMILES string of the molecule is [3H]COc1cc2c(cc1O)[C@@H]([14CH2]Cc1cc(O)c(OC)c(OC)c1)N(C)[14CH2]C2. The Kier molecular flexibility index (Phi) is 5.25. The first-order valence-corrected chi connectivity index (χ1v) is 8.90. The van der Waals surface area contributed by atoms with Gasteiger partial charge in [0.25, 0.3) is 0 Å². The predicted octanol–water partition coefficient (Wildman–Crippen LogP) is 3.29. The molecule has 2 N–H and O–H groups in total. The fourth-order valence-corrected chi connectivity index (χ4v) is 3.78. The molecule has 1 heterocycles. The van der Waals surface area contributed by atoms with E-state index in [1.165, 1.54) is 7.11 Å². The maximum Gasteiger partial charge on any atom is 0.203 e. The number of methoxy groups -OCH3 is 3. The number of likely N-dealkylation sites (N-methyl/N-ethyl adjacent to an activating group) is 1. The van der Waals surface area contributed by atoms with Crippen LogP contribution in [0, 0.1) is 0 Å². The normalized spacial score (nSPS) is 17.1. The second-order valence-corrected chi connectivity index (χ2v) is 6.80. The molecule has 0 saturated carbocycles. The molecule has 0 fully saturated rings. The number of fused-ring (bicyclic) bond motifs is 1. The van der Waals surface area contributed by atoms with Gasteiger partial charge in [0, 0.05) is 12.6 Å². The van der Waals surface area contributed by atoms with Gasteiger partial charge in [0.15, 0.2) is 23.0 Å². The first-order chi connectivity index (χ1) is 13.5. The van der Waals surface area contributed by atoms with Crippen LogP contribution >= 0.6 is 0 Å². The van der Waals surface area contributed by atoms with Gasteiger partial charge in [-0.1, -0.05) is 0 Å². The summed E-state index contributed by atoms with van der Waals surface area (Å²) in [5.41, 5.74) is 3.17. The Labute approximate surface area is 161 Å². The van der Waals surface area contributed by atoms with E-state index in [4.69, 9.17) is 15.6 Å². The molecule has 146 valence electrons. The standard InChI is InChI=1S/C21H27NO5/c1-22-8-7-14-11-19(25-2)17(23)12-15(14)16(22)6-5-13-9-18(24)21(27-4)20(10-13)26-3/h9-12,16,23-24H,5-8H2,1-4H3/t16-/m1/s1/i2T,6+2,8+2. The summed E-state index contributed by atoms with van der Waals surface area (Å²) in [5.74, 6) is 1.32. The number of rotatable bonds is 6. The van der Waals surface area contributed by atoms with Gasteiger partial charge in [-0.25, -0.2) is 0 Å². The number of nitrogens with zero attached hydrogens (tertiary/aromatic N) is 1. The molecule has 6 heteroatoms. The second kappa shape index (κ2) is 7.96. The van der Waals surface area contributed by atoms with E-state index in [2.05, 4.69) is 11.9 Å². The first kappa shape index (κ1) is 17.8. The summed E-state index contributed by atoms with van der Waals surface area (Å²) in [6.45, 7) is 0.903. The number of hydrogen-bond donors (Lipinski definition) is 2. The zero-order valence-electron chi connectivity index (χ0n) is 17.0. The van der Waals surface area contributed by atoms with Crippen LogP contribution in [0.2, 0.25) is 0 Å². The van der Waals surface area contributed by atoms with Crippen LogP contribution in [0.15, 0.2) is 24.3 Å². The minimum absolute atomic E-state index is 0.0593. The van der Waals surface area contributed by atoms with Gasteiger partial charge in [0.05, 0.1) is 22.7 Å². The number of aryl methyl sites for hydroxylation is 1. The van der Waals surface area contributed by atoms with Crippen molar-refractivity contribution in [1.82, 2.24) is 4.90 Å². The lowest BCUT2D eigenvalue weighted by Crippen LogP contribution is -2.32. The molecular formula is C21H27NO5. The van der Waals surface area contributed by atoms with E-state index < -0.39 is 0 Å². The van der Waals surface area contributed by atoms with Crippen molar-refractivity contribution in [2.24, 2.45) is 0 Å². The Morgan fingerprint density at radius 1 is 1.15 bits per heavy atom. The van der Waals surface area contributed by atoms with Crippen LogP contribution in [0.5, 0.6) is 28.7 Å². The molecule has 0 radical (unpaired) electrons. The minimum atomic E-state index is -0.224. The molecule has 1 atom stereocenters. The van der Waals surface area contributed by atoms with E-state index in [1.54, 1.807) is 19.2 Å². The van der Waals surface area contributed by atoms with Gasteiger partial charge in [-0.15, -0.1) is 0 Å². The van der Waals surface area contributed by atoms with Gasteiger partial charge in [0.2, 0.25) is 5.75 Å². The quantitative estimate of drug-likeness (QED) is 0.803. The summed E-state index contributed by atoms with van der Waals surface area (Å²) in [6, 6.07) is 7.32. The fourth-order valence-electron chi connectivity index (χ4n) is 3.78. The van der Waals surface area contributed by atoms with Gasteiger partial charge < -0.3 is 24.4 Å². The van der Waals surface area contributed by atoms with Crippen LogP contribution < -0.4 is 14.2 Å². The zero-order valence-corrected chi connectivity index (χ0v) is 16.0. The largest absolute Gasteiger partial charge is 0.504 e. The van der Waals surface area contributed by atoms with Crippen molar-refractivity contribution < 1.29 is 25.8 Å². The molecule has 2 aromatic rings. The average Bonchev–Trinajstić information content (AvgIpc) is 2.68. The molecule has 1 aliphatic heterocycles. The molecule has 3 rings (SSSR count). The van der Waals surface area contributed by atoms with Crippen molar-refractivity contribution in [2.75, 3.05) is 34.9 Å². The van der Waals surface area contributed by atoms with Gasteiger partial charge in [-0.05, 0) is 67.3 Å². The molecule has 0 aliphatic carbocycles. The van der Waals surface area contributed by atoms with Crippen molar-refractivity contribution in [1.29, 1.82) is 0 Å². The lowest BCUT2D eigenvalue weighted by atomic mass is 10.0. The average molecular weight is 379 g/mol. The first-order valence-electron chi connectivity index (χ1n) is 9.61. The van der Waals surface area contributed by atoms with Gasteiger partial charge in [0.1, 0.15) is 0 Å². The topological polar surface area (TPSA) is 71.4 Å². The number of hydrogen-bond acceptors (Lipinski definition) is 6. The molecule has 1 aliphatic rings. The molecule has 0 bridgehead atoms. The Balaban J connectivity index is 1.84. The van der Waals surface area contributed by atoms with Crippen LogP contribution in [0.3, 0.4) is 0 Å². The lowest BCUT2D eigenvalue weighted by molar-refractivity contribution is 0.218. The summed E-state index contributed by atoms with van der Waals surface area (Å²) in [7, 11) is 4.89. The van der Waals surface area contributed by atoms with Crippen molar-refractivity contribution in [3.8, 4) is 28.7 Å². The monoisotopic (exact) mass is 379 g/mol. The number of benzene rings is 2. The molecule has 2 aromatic carbocycles. The van der Waals surface area contributed by atoms with E-state index in [0.717, 1.165) is 42.5 Å². The van der Waals surface area contributed by atoms with E-state index in [0.29, 0.717) is 17.2 Å². The van der Waals surface area contributed by atoms with Gasteiger partial charge in [-0.2, -0.15) is 0 Å². The maximum atomic E-state index is 10.3. The van der Waals surface area contributed by atoms with Crippen molar-refractivity contribution >= 4 is 0 Å². The lowest BCUT2D eigenvalue weighted by Gasteiger charge is -2.35. The van der Waals surface area contributed by atoms with Gasteiger partial charge >= 0.3 is 0 Å². The molecule has 0 amide bonds. The molecule has 0 spiro atoms. The van der Waals surface area contributed by atoms with Crippen LogP contribution in [0.4, 0.5) is 0 Å². The van der Waals surface area contributed by atoms with E-state index >= 15 is 0 Å². The van der Waals surface area contributed by atoms with E-state index in [9.17, 15) is 10.2 Å². The van der Waals surface area contributed by atoms with Crippen molar-refractivity contribution in [3.05, 3.63) is 41.0 Å². The van der Waals surface area contributed by atoms with Crippen molar-refractivity contribution in [2.45, 2.75) is 25.3 Å². The smallest absolute Gasteiger partial charge is 0.203 e. The van der Waals surface area contributed by atoms with Crippen LogP contribution in [0.1, 0.15) is 30.5 Å². The third kappa shape index (κ3) is 3.76. The second-order valence-electron chi connectivity index (χ2n) is 6.80. The zero-order chi connectivity index (χ0) is 20.3. The summed E-state index contributed by atoms with van der Waals surface area (Å²) in [5, 5.41) is 20.4. The highest BCUT2D eigenvalue weighted by molar-refractivity contribution is 5.53. The van der Waals surface area contributed by atoms with E-state index in [-0.39, 0.29) is 24.6 Å². The third-order valence-electron chi connectivity index (χ3n) is 5.23. The maximum absolute atomic E-state index is 10.3. The van der Waals surface area contributed by atoms with Crippen LogP contribution in [-0.4, -0.2) is 50.0 Å². The van der Waals surface area contributed by atoms with Crippen LogP contribution in [0.25, 0.3) is 0 Å². The Morgan fingerprint density at radius 3 is 2.67 bits per heavy atom. The molecule has 0 aromatic heterocycles. The predicted molar refractivity (Wildman–Crippen MR) is 103 cm³/mol. The highest BCUT2D eigenvalue weighted by Crippen LogP contribution is 2.41. The van der Waals surface area contributed by atoms with E-state index in [1.807, 2.05) is 12.1 Å². The molecular weight excluding hydrogens is 350 g/mol. The number of ether oxygens (including phenoxy) is 3. The Hall–Kier alpha value is -2.60. The number of phenols is 2. The van der Waals surface area contributed by atoms with Crippen molar-refractivity contribution in [3.63, 3.8) is 0 Å². The highest BCUT2D eigenvalue weighted by Gasteiger charge is 2.26. The molecule has 0 saturated heterocycles. The van der Waals surface area contributed by atoms with Gasteiger partial charge in [-0.3, -0.25) is 4.90 Å².